The summed E-state index contributed by atoms with van der Waals surface area (Å²) in [6.45, 7) is 1.97. The number of carbonyl (C=O) groups is 2. The Bertz CT molecular complexity index is 825. The standard InChI is InChI=1S/C28H35NO4/c30-25(27(17-21-32-22-18-27)23-11-4-1-5-12-23)29-19-10-20-33-26(31)28(15-8-3-9-16-28)24-13-6-2-7-14-24/h1-2,4-7,11-14H,3,8-10,15-22H2,(H,29,30). The molecule has 0 atom stereocenters. The topological polar surface area (TPSA) is 64.6 Å². The van der Waals surface area contributed by atoms with Crippen LogP contribution in [0.1, 0.15) is 62.5 Å². The summed E-state index contributed by atoms with van der Waals surface area (Å²) in [5, 5.41) is 3.10. The molecular formula is C28H35NO4. The maximum atomic E-state index is 13.2. The maximum absolute atomic E-state index is 13.2. The van der Waals surface area contributed by atoms with Gasteiger partial charge in [-0.1, -0.05) is 79.9 Å². The van der Waals surface area contributed by atoms with Crippen molar-refractivity contribution in [1.82, 2.24) is 5.32 Å². The highest BCUT2D eigenvalue weighted by Crippen LogP contribution is 2.40. The number of hydrogen-bond donors (Lipinski definition) is 1. The van der Waals surface area contributed by atoms with Crippen LogP contribution in [0, 0.1) is 0 Å². The van der Waals surface area contributed by atoms with Gasteiger partial charge in [0.2, 0.25) is 5.91 Å². The van der Waals surface area contributed by atoms with Gasteiger partial charge in [0.05, 0.1) is 17.4 Å². The Morgan fingerprint density at radius 2 is 1.36 bits per heavy atom. The minimum Gasteiger partial charge on any atom is -0.465 e. The molecule has 0 bridgehead atoms. The van der Waals surface area contributed by atoms with Gasteiger partial charge in [-0.2, -0.15) is 0 Å². The van der Waals surface area contributed by atoms with Gasteiger partial charge in [0, 0.05) is 19.8 Å². The van der Waals surface area contributed by atoms with Crippen LogP contribution in [0.15, 0.2) is 60.7 Å². The number of hydrogen-bond acceptors (Lipinski definition) is 4. The molecule has 2 aromatic rings. The molecule has 176 valence electrons. The van der Waals surface area contributed by atoms with Gasteiger partial charge in [-0.15, -0.1) is 0 Å². The van der Waals surface area contributed by atoms with Crippen molar-refractivity contribution in [3.63, 3.8) is 0 Å². The Morgan fingerprint density at radius 1 is 0.788 bits per heavy atom. The summed E-state index contributed by atoms with van der Waals surface area (Å²) < 4.78 is 11.3. The van der Waals surface area contributed by atoms with E-state index in [1.807, 2.05) is 60.7 Å². The SMILES string of the molecule is O=C(NCCCOC(=O)C1(c2ccccc2)CCCCC1)C1(c2ccccc2)CCOCC1. The van der Waals surface area contributed by atoms with Gasteiger partial charge in [-0.25, -0.2) is 0 Å². The fraction of sp³-hybridized carbons (Fsp3) is 0.500. The van der Waals surface area contributed by atoms with Crippen molar-refractivity contribution < 1.29 is 19.1 Å². The average Bonchev–Trinajstić information content (AvgIpc) is 2.90. The van der Waals surface area contributed by atoms with Crippen molar-refractivity contribution in [3.05, 3.63) is 71.8 Å². The van der Waals surface area contributed by atoms with Gasteiger partial charge < -0.3 is 14.8 Å². The zero-order valence-corrected chi connectivity index (χ0v) is 19.4. The van der Waals surface area contributed by atoms with E-state index < -0.39 is 10.8 Å². The minimum atomic E-state index is -0.546. The molecule has 1 N–H and O–H groups in total. The number of benzene rings is 2. The van der Waals surface area contributed by atoms with Crippen LogP contribution in [-0.2, 0) is 29.9 Å². The third-order valence-electron chi connectivity index (χ3n) is 7.37. The lowest BCUT2D eigenvalue weighted by Gasteiger charge is -2.36. The molecule has 1 saturated heterocycles. The highest BCUT2D eigenvalue weighted by Gasteiger charge is 2.43. The van der Waals surface area contributed by atoms with Gasteiger partial charge in [0.15, 0.2) is 0 Å². The second kappa shape index (κ2) is 11.0. The molecule has 2 aliphatic rings. The largest absolute Gasteiger partial charge is 0.465 e. The third kappa shape index (κ3) is 5.14. The predicted molar refractivity (Wildman–Crippen MR) is 128 cm³/mol. The molecule has 0 spiro atoms. The first kappa shape index (κ1) is 23.5. The summed E-state index contributed by atoms with van der Waals surface area (Å²) in [5.74, 6) is -0.0822. The van der Waals surface area contributed by atoms with Gasteiger partial charge in [-0.05, 0) is 43.2 Å². The van der Waals surface area contributed by atoms with Crippen LogP contribution in [0.25, 0.3) is 0 Å². The summed E-state index contributed by atoms with van der Waals surface area (Å²) in [4.78, 5) is 26.4. The maximum Gasteiger partial charge on any atom is 0.316 e. The molecule has 1 heterocycles. The molecule has 2 fully saturated rings. The fourth-order valence-electron chi connectivity index (χ4n) is 5.39. The van der Waals surface area contributed by atoms with E-state index in [0.717, 1.165) is 36.8 Å². The highest BCUT2D eigenvalue weighted by atomic mass is 16.5. The first-order valence-electron chi connectivity index (χ1n) is 12.3. The van der Waals surface area contributed by atoms with E-state index in [-0.39, 0.29) is 11.9 Å². The molecule has 4 rings (SSSR count). The van der Waals surface area contributed by atoms with E-state index in [2.05, 4.69) is 5.32 Å². The molecule has 1 amide bonds. The highest BCUT2D eigenvalue weighted by molar-refractivity contribution is 5.88. The molecule has 5 nitrogen and oxygen atoms in total. The van der Waals surface area contributed by atoms with E-state index >= 15 is 0 Å². The number of ether oxygens (including phenoxy) is 2. The van der Waals surface area contributed by atoms with Crippen LogP contribution in [-0.4, -0.2) is 38.2 Å². The van der Waals surface area contributed by atoms with Gasteiger partial charge in [-0.3, -0.25) is 9.59 Å². The lowest BCUT2D eigenvalue weighted by Crippen LogP contribution is -2.48. The third-order valence-corrected chi connectivity index (χ3v) is 7.37. The Labute approximate surface area is 196 Å². The number of rotatable bonds is 8. The molecule has 5 heteroatoms. The van der Waals surface area contributed by atoms with E-state index in [1.165, 1.54) is 6.42 Å². The molecule has 1 aliphatic heterocycles. The van der Waals surface area contributed by atoms with Crippen molar-refractivity contribution in [3.8, 4) is 0 Å². The molecular weight excluding hydrogens is 414 g/mol. The first-order chi connectivity index (χ1) is 16.2. The van der Waals surface area contributed by atoms with Crippen LogP contribution in [0.4, 0.5) is 0 Å². The van der Waals surface area contributed by atoms with Crippen LogP contribution in [0.2, 0.25) is 0 Å². The first-order valence-corrected chi connectivity index (χ1v) is 12.3. The molecule has 0 aromatic heterocycles. The number of amides is 1. The van der Waals surface area contributed by atoms with Gasteiger partial charge in [0.25, 0.3) is 0 Å². The summed E-state index contributed by atoms with van der Waals surface area (Å²) in [6.07, 6.45) is 6.90. The molecule has 1 aliphatic carbocycles. The van der Waals surface area contributed by atoms with Crippen molar-refractivity contribution in [2.75, 3.05) is 26.4 Å². The summed E-state index contributed by atoms with van der Waals surface area (Å²) in [5.41, 5.74) is 1.03. The minimum absolute atomic E-state index is 0.0383. The molecule has 33 heavy (non-hydrogen) atoms. The number of carbonyl (C=O) groups excluding carboxylic acids is 2. The van der Waals surface area contributed by atoms with Crippen molar-refractivity contribution in [1.29, 1.82) is 0 Å². The van der Waals surface area contributed by atoms with Crippen LogP contribution >= 0.6 is 0 Å². The van der Waals surface area contributed by atoms with Crippen molar-refractivity contribution >= 4 is 11.9 Å². The second-order valence-corrected chi connectivity index (χ2v) is 9.31. The normalized spacial score (nSPS) is 19.4. The van der Waals surface area contributed by atoms with Crippen LogP contribution in [0.3, 0.4) is 0 Å². The molecule has 0 radical (unpaired) electrons. The summed E-state index contributed by atoms with van der Waals surface area (Å²) in [6, 6.07) is 20.0. The van der Waals surface area contributed by atoms with Crippen LogP contribution < -0.4 is 5.32 Å². The average molecular weight is 450 g/mol. The molecule has 1 saturated carbocycles. The van der Waals surface area contributed by atoms with Crippen LogP contribution in [0.5, 0.6) is 0 Å². The molecule has 0 unspecified atom stereocenters. The lowest BCUT2D eigenvalue weighted by molar-refractivity contribution is -0.152. The number of nitrogens with one attached hydrogen (secondary N) is 1. The Morgan fingerprint density at radius 3 is 1.97 bits per heavy atom. The van der Waals surface area contributed by atoms with Gasteiger partial charge >= 0.3 is 5.97 Å². The Balaban J connectivity index is 1.31. The monoisotopic (exact) mass is 449 g/mol. The zero-order chi connectivity index (χ0) is 23.0. The summed E-state index contributed by atoms with van der Waals surface area (Å²) in [7, 11) is 0. The van der Waals surface area contributed by atoms with E-state index in [1.54, 1.807) is 0 Å². The predicted octanol–water partition coefficient (Wildman–Crippen LogP) is 4.69. The van der Waals surface area contributed by atoms with E-state index in [4.69, 9.17) is 9.47 Å². The lowest BCUT2D eigenvalue weighted by atomic mass is 9.69. The smallest absolute Gasteiger partial charge is 0.316 e. The van der Waals surface area contributed by atoms with E-state index in [0.29, 0.717) is 45.6 Å². The summed E-state index contributed by atoms with van der Waals surface area (Å²) >= 11 is 0. The zero-order valence-electron chi connectivity index (χ0n) is 19.4. The number of esters is 1. The van der Waals surface area contributed by atoms with Crippen molar-refractivity contribution in [2.24, 2.45) is 0 Å². The molecule has 2 aromatic carbocycles. The van der Waals surface area contributed by atoms with Crippen molar-refractivity contribution in [2.45, 2.75) is 62.2 Å². The second-order valence-electron chi connectivity index (χ2n) is 9.31. The van der Waals surface area contributed by atoms with Gasteiger partial charge in [0.1, 0.15) is 0 Å². The Kier molecular flexibility index (Phi) is 7.81. The van der Waals surface area contributed by atoms with E-state index in [9.17, 15) is 9.59 Å². The fourth-order valence-corrected chi connectivity index (χ4v) is 5.39. The Hall–Kier alpha value is -2.66. The quantitative estimate of drug-likeness (QED) is 0.469.